The number of hydrogen-bond acceptors (Lipinski definition) is 5. The van der Waals surface area contributed by atoms with Gasteiger partial charge >= 0.3 is 0 Å². The van der Waals surface area contributed by atoms with E-state index in [2.05, 4.69) is 36.3 Å². The van der Waals surface area contributed by atoms with Crippen molar-refractivity contribution in [1.29, 1.82) is 0 Å². The Morgan fingerprint density at radius 2 is 2.06 bits per heavy atom. The summed E-state index contributed by atoms with van der Waals surface area (Å²) in [6.45, 7) is 7.11. The van der Waals surface area contributed by atoms with Crippen LogP contribution in [0.4, 0.5) is 5.13 Å². The fourth-order valence-corrected chi connectivity index (χ4v) is 2.57. The number of hydrogen-bond donors (Lipinski definition) is 1. The van der Waals surface area contributed by atoms with Crippen molar-refractivity contribution >= 4 is 16.5 Å². The van der Waals surface area contributed by atoms with Gasteiger partial charge in [-0.25, -0.2) is 0 Å². The van der Waals surface area contributed by atoms with E-state index in [4.69, 9.17) is 4.42 Å². The summed E-state index contributed by atoms with van der Waals surface area (Å²) in [6.07, 6.45) is 1.91. The lowest BCUT2D eigenvalue weighted by atomic mass is 10.1. The molecule has 0 amide bonds. The Balaban J connectivity index is 1.87. The van der Waals surface area contributed by atoms with Gasteiger partial charge in [0.05, 0.1) is 6.54 Å². The van der Waals surface area contributed by atoms with Crippen molar-refractivity contribution in [2.24, 2.45) is 5.92 Å². The Bertz CT molecular complexity index is 490. The first-order valence-corrected chi connectivity index (χ1v) is 7.13. The third-order valence-corrected chi connectivity index (χ3v) is 3.43. The number of aromatic nitrogens is 2. The number of nitrogens with zero attached hydrogens (tertiary/aromatic N) is 2. The van der Waals surface area contributed by atoms with Crippen molar-refractivity contribution in [3.63, 3.8) is 0 Å². The summed E-state index contributed by atoms with van der Waals surface area (Å²) >= 11 is 1.62. The van der Waals surface area contributed by atoms with E-state index in [1.807, 2.05) is 12.1 Å². The molecule has 0 aliphatic rings. The van der Waals surface area contributed by atoms with Crippen LogP contribution in [-0.2, 0) is 19.4 Å². The third-order valence-electron chi connectivity index (χ3n) is 2.53. The van der Waals surface area contributed by atoms with Crippen LogP contribution in [0, 0.1) is 5.92 Å². The smallest absolute Gasteiger partial charge is 0.206 e. The minimum Gasteiger partial charge on any atom is -0.464 e. The van der Waals surface area contributed by atoms with E-state index < -0.39 is 0 Å². The molecule has 2 aromatic rings. The number of aryl methyl sites for hydroxylation is 1. The predicted octanol–water partition coefficient (Wildman–Crippen LogP) is 3.50. The Kier molecular flexibility index (Phi) is 4.36. The monoisotopic (exact) mass is 265 g/mol. The fourth-order valence-electron chi connectivity index (χ4n) is 1.63. The zero-order chi connectivity index (χ0) is 13.0. The first-order chi connectivity index (χ1) is 8.67. The molecule has 0 fully saturated rings. The molecule has 2 heterocycles. The minimum atomic E-state index is 0.614. The summed E-state index contributed by atoms with van der Waals surface area (Å²) in [5, 5.41) is 13.5. The lowest BCUT2D eigenvalue weighted by molar-refractivity contribution is 0.476. The number of furan rings is 1. The molecule has 0 unspecified atom stereocenters. The van der Waals surface area contributed by atoms with Gasteiger partial charge in [0.2, 0.25) is 5.13 Å². The van der Waals surface area contributed by atoms with Crippen LogP contribution in [-0.4, -0.2) is 10.2 Å². The van der Waals surface area contributed by atoms with Crippen LogP contribution in [0.5, 0.6) is 0 Å². The molecule has 0 atom stereocenters. The van der Waals surface area contributed by atoms with E-state index in [1.165, 1.54) is 0 Å². The topological polar surface area (TPSA) is 51.0 Å². The molecule has 0 aliphatic heterocycles. The lowest BCUT2D eigenvalue weighted by Gasteiger charge is -1.99. The molecule has 0 saturated heterocycles. The van der Waals surface area contributed by atoms with Gasteiger partial charge in [0, 0.05) is 12.8 Å². The average molecular weight is 265 g/mol. The molecular formula is C13H19N3OS. The number of anilines is 1. The summed E-state index contributed by atoms with van der Waals surface area (Å²) in [5.41, 5.74) is 0. The van der Waals surface area contributed by atoms with E-state index in [9.17, 15) is 0 Å². The summed E-state index contributed by atoms with van der Waals surface area (Å²) in [5.74, 6) is 2.57. The molecule has 98 valence electrons. The van der Waals surface area contributed by atoms with Gasteiger partial charge in [0.1, 0.15) is 16.5 Å². The molecule has 0 spiro atoms. The zero-order valence-electron chi connectivity index (χ0n) is 11.1. The molecule has 0 aliphatic carbocycles. The maximum atomic E-state index is 5.62. The van der Waals surface area contributed by atoms with Gasteiger partial charge in [-0.1, -0.05) is 32.1 Å². The van der Waals surface area contributed by atoms with E-state index in [0.717, 1.165) is 34.5 Å². The maximum absolute atomic E-state index is 5.62. The van der Waals surface area contributed by atoms with Gasteiger partial charge in [-0.15, -0.1) is 10.2 Å². The van der Waals surface area contributed by atoms with Gasteiger partial charge in [-0.3, -0.25) is 0 Å². The van der Waals surface area contributed by atoms with Crippen molar-refractivity contribution in [1.82, 2.24) is 10.2 Å². The van der Waals surface area contributed by atoms with E-state index in [-0.39, 0.29) is 0 Å². The Hall–Kier alpha value is -1.36. The fraction of sp³-hybridized carbons (Fsp3) is 0.538. The van der Waals surface area contributed by atoms with Gasteiger partial charge in [-0.05, 0) is 18.1 Å². The molecular weight excluding hydrogens is 246 g/mol. The highest BCUT2D eigenvalue weighted by Crippen LogP contribution is 2.19. The van der Waals surface area contributed by atoms with Gasteiger partial charge in [0.15, 0.2) is 0 Å². The van der Waals surface area contributed by atoms with E-state index in [0.29, 0.717) is 12.5 Å². The van der Waals surface area contributed by atoms with Gasteiger partial charge in [0.25, 0.3) is 0 Å². The van der Waals surface area contributed by atoms with Crippen molar-refractivity contribution in [3.05, 3.63) is 28.7 Å². The van der Waals surface area contributed by atoms with Crippen LogP contribution in [0.1, 0.15) is 37.3 Å². The zero-order valence-corrected chi connectivity index (χ0v) is 11.9. The Morgan fingerprint density at radius 1 is 1.28 bits per heavy atom. The molecule has 5 heteroatoms. The van der Waals surface area contributed by atoms with Crippen molar-refractivity contribution in [3.8, 4) is 0 Å². The Morgan fingerprint density at radius 3 is 2.72 bits per heavy atom. The number of rotatable bonds is 6. The van der Waals surface area contributed by atoms with Crippen LogP contribution in [0.15, 0.2) is 16.5 Å². The first-order valence-electron chi connectivity index (χ1n) is 6.31. The molecule has 0 aromatic carbocycles. The van der Waals surface area contributed by atoms with E-state index >= 15 is 0 Å². The second kappa shape index (κ2) is 6.00. The largest absolute Gasteiger partial charge is 0.464 e. The Labute approximate surface area is 111 Å². The summed E-state index contributed by atoms with van der Waals surface area (Å²) in [6, 6.07) is 4.02. The highest BCUT2D eigenvalue weighted by atomic mass is 32.1. The first kappa shape index (κ1) is 13.1. The van der Waals surface area contributed by atoms with Crippen molar-refractivity contribution in [2.75, 3.05) is 5.32 Å². The normalized spacial score (nSPS) is 11.1. The van der Waals surface area contributed by atoms with Gasteiger partial charge < -0.3 is 9.73 Å². The highest BCUT2D eigenvalue weighted by Gasteiger charge is 2.07. The molecule has 0 radical (unpaired) electrons. The molecule has 0 bridgehead atoms. The molecule has 18 heavy (non-hydrogen) atoms. The minimum absolute atomic E-state index is 0.614. The second-order valence-corrected chi connectivity index (χ2v) is 5.74. The molecule has 4 nitrogen and oxygen atoms in total. The third kappa shape index (κ3) is 3.57. The summed E-state index contributed by atoms with van der Waals surface area (Å²) < 4.78 is 5.62. The number of nitrogens with one attached hydrogen (secondary N) is 1. The van der Waals surface area contributed by atoms with Crippen molar-refractivity contribution in [2.45, 2.75) is 40.2 Å². The van der Waals surface area contributed by atoms with Crippen molar-refractivity contribution < 1.29 is 4.42 Å². The quantitative estimate of drug-likeness (QED) is 0.868. The second-order valence-electron chi connectivity index (χ2n) is 4.67. The summed E-state index contributed by atoms with van der Waals surface area (Å²) in [4.78, 5) is 0. The van der Waals surface area contributed by atoms with Crippen LogP contribution >= 0.6 is 11.3 Å². The SMILES string of the molecule is CCc1ccc(CNc2nnc(CC(C)C)s2)o1. The van der Waals surface area contributed by atoms with Crippen LogP contribution in [0.2, 0.25) is 0 Å². The lowest BCUT2D eigenvalue weighted by Crippen LogP contribution is -1.97. The standard InChI is InChI=1S/C13H19N3OS/c1-4-10-5-6-11(17-10)8-14-13-16-15-12(18-13)7-9(2)3/h5-6,9H,4,7-8H2,1-3H3,(H,14,16). The van der Waals surface area contributed by atoms with E-state index in [1.54, 1.807) is 11.3 Å². The highest BCUT2D eigenvalue weighted by molar-refractivity contribution is 7.15. The van der Waals surface area contributed by atoms with Crippen LogP contribution < -0.4 is 5.32 Å². The van der Waals surface area contributed by atoms with Crippen LogP contribution in [0.25, 0.3) is 0 Å². The summed E-state index contributed by atoms with van der Waals surface area (Å²) in [7, 11) is 0. The maximum Gasteiger partial charge on any atom is 0.206 e. The molecule has 1 N–H and O–H groups in total. The average Bonchev–Trinajstić information content (AvgIpc) is 2.94. The van der Waals surface area contributed by atoms with Crippen LogP contribution in [0.3, 0.4) is 0 Å². The molecule has 0 saturated carbocycles. The molecule has 2 rings (SSSR count). The van der Waals surface area contributed by atoms with Gasteiger partial charge in [-0.2, -0.15) is 0 Å². The molecule has 2 aromatic heterocycles. The predicted molar refractivity (Wildman–Crippen MR) is 73.9 cm³/mol.